The van der Waals surface area contributed by atoms with Gasteiger partial charge in [0.1, 0.15) is 6.10 Å². The molecule has 0 bridgehead atoms. The van der Waals surface area contributed by atoms with Gasteiger partial charge in [0, 0.05) is 12.0 Å². The lowest BCUT2D eigenvalue weighted by atomic mass is 9.78. The van der Waals surface area contributed by atoms with E-state index in [4.69, 9.17) is 4.84 Å². The van der Waals surface area contributed by atoms with Gasteiger partial charge in [0.2, 0.25) is 0 Å². The van der Waals surface area contributed by atoms with Gasteiger partial charge in [-0.2, -0.15) is 5.48 Å². The molecule has 0 unspecified atom stereocenters. The molecule has 1 aromatic rings. The summed E-state index contributed by atoms with van der Waals surface area (Å²) in [6.45, 7) is 8.90. The zero-order chi connectivity index (χ0) is 16.0. The summed E-state index contributed by atoms with van der Waals surface area (Å²) < 4.78 is 0. The maximum atomic E-state index is 6.13. The fourth-order valence-electron chi connectivity index (χ4n) is 2.70. The monoisotopic (exact) mass is 298 g/mol. The first-order valence-electron chi connectivity index (χ1n) is 8.20. The third kappa shape index (κ3) is 4.82. The highest BCUT2D eigenvalue weighted by atomic mass is 16.7. The lowest BCUT2D eigenvalue weighted by Crippen LogP contribution is -2.45. The van der Waals surface area contributed by atoms with E-state index >= 15 is 0 Å². The van der Waals surface area contributed by atoms with Gasteiger partial charge >= 0.3 is 0 Å². The third-order valence-corrected chi connectivity index (χ3v) is 3.94. The lowest BCUT2D eigenvalue weighted by Gasteiger charge is -2.36. The first-order valence-corrected chi connectivity index (χ1v) is 8.20. The summed E-state index contributed by atoms with van der Waals surface area (Å²) in [5, 5.41) is 0. The van der Waals surface area contributed by atoms with Crippen molar-refractivity contribution in [2.45, 2.75) is 52.7 Å². The quantitative estimate of drug-likeness (QED) is 0.725. The van der Waals surface area contributed by atoms with Crippen LogP contribution in [0.5, 0.6) is 0 Å². The van der Waals surface area contributed by atoms with Crippen LogP contribution in [0.4, 0.5) is 0 Å². The Morgan fingerprint density at radius 1 is 1.05 bits per heavy atom. The van der Waals surface area contributed by atoms with Crippen LogP contribution in [0.2, 0.25) is 0 Å². The van der Waals surface area contributed by atoms with Crippen LogP contribution in [0.1, 0.15) is 52.2 Å². The van der Waals surface area contributed by atoms with E-state index in [-0.39, 0.29) is 17.6 Å². The Kier molecular flexibility index (Phi) is 6.46. The minimum Gasteiger partial charge on any atom is -0.293 e. The Labute approximate surface area is 136 Å². The molecule has 0 aliphatic heterocycles. The highest BCUT2D eigenvalue weighted by Crippen LogP contribution is 2.36. The number of hydroxylamine groups is 1. The Morgan fingerprint density at radius 3 is 2.23 bits per heavy atom. The van der Waals surface area contributed by atoms with Crippen molar-refractivity contribution in [2.75, 3.05) is 0 Å². The predicted molar refractivity (Wildman–Crippen MR) is 92.0 cm³/mol. The zero-order valence-electron chi connectivity index (χ0n) is 14.2. The molecule has 0 spiro atoms. The van der Waals surface area contributed by atoms with Crippen molar-refractivity contribution >= 4 is 0 Å². The molecule has 119 valence electrons. The Morgan fingerprint density at radius 2 is 1.68 bits per heavy atom. The first-order chi connectivity index (χ1) is 10.5. The number of hydrogen-bond donors (Lipinski definition) is 1. The molecular weight excluding hydrogens is 270 g/mol. The second-order valence-corrected chi connectivity index (χ2v) is 6.94. The fourth-order valence-corrected chi connectivity index (χ4v) is 2.70. The van der Waals surface area contributed by atoms with E-state index in [9.17, 15) is 0 Å². The topological polar surface area (TPSA) is 21.3 Å². The second kappa shape index (κ2) is 8.12. The van der Waals surface area contributed by atoms with Crippen LogP contribution in [-0.2, 0) is 4.84 Å². The van der Waals surface area contributed by atoms with E-state index in [1.54, 1.807) is 0 Å². The molecule has 0 amide bonds. The molecule has 2 atom stereocenters. The highest BCUT2D eigenvalue weighted by Gasteiger charge is 2.35. The van der Waals surface area contributed by atoms with E-state index in [1.165, 1.54) is 11.5 Å². The molecule has 1 aliphatic carbocycles. The molecular formula is C20H28NO. The molecule has 5 radical (unpaired) electrons. The standard InChI is InChI=1S/C20H28NO/c1-5-11-18(16-12-7-6-8-13-16)22-21-19(20(2,3)4)17-14-9-10-15-17/h6-10,12-15,18-19,21H,5,11H2,1-4H3/t18-,19+/m1/s1. The normalized spacial score (nSPS) is 19.3. The van der Waals surface area contributed by atoms with Crippen LogP contribution in [0, 0.1) is 37.0 Å². The van der Waals surface area contributed by atoms with Crippen LogP contribution in [0.15, 0.2) is 30.3 Å². The number of nitrogens with one attached hydrogen (secondary N) is 1. The van der Waals surface area contributed by atoms with Gasteiger partial charge in [-0.3, -0.25) is 4.84 Å². The largest absolute Gasteiger partial charge is 0.293 e. The molecule has 0 heterocycles. The Balaban J connectivity index is 2.02. The first kappa shape index (κ1) is 17.5. The van der Waals surface area contributed by atoms with E-state index in [2.05, 4.69) is 83.1 Å². The van der Waals surface area contributed by atoms with Crippen molar-refractivity contribution in [3.05, 3.63) is 67.5 Å². The van der Waals surface area contributed by atoms with Gasteiger partial charge in [0.25, 0.3) is 0 Å². The van der Waals surface area contributed by atoms with Gasteiger partial charge in [0.05, 0.1) is 0 Å². The van der Waals surface area contributed by atoms with Crippen LogP contribution in [-0.4, -0.2) is 6.04 Å². The number of benzene rings is 1. The summed E-state index contributed by atoms with van der Waals surface area (Å²) in [5.41, 5.74) is 4.66. The average Bonchev–Trinajstić information content (AvgIpc) is 3.00. The Bertz CT molecular complexity index is 417. The van der Waals surface area contributed by atoms with E-state index in [1.807, 2.05) is 6.07 Å². The Hall–Kier alpha value is -0.860. The van der Waals surface area contributed by atoms with Crippen LogP contribution >= 0.6 is 0 Å². The van der Waals surface area contributed by atoms with Crippen molar-refractivity contribution < 1.29 is 4.84 Å². The number of rotatable bonds is 7. The van der Waals surface area contributed by atoms with Crippen molar-refractivity contribution in [3.8, 4) is 0 Å². The van der Waals surface area contributed by atoms with Gasteiger partial charge in [-0.25, -0.2) is 0 Å². The number of hydrogen-bond acceptors (Lipinski definition) is 2. The van der Waals surface area contributed by atoms with Gasteiger partial charge < -0.3 is 0 Å². The summed E-state index contributed by atoms with van der Waals surface area (Å²) in [6.07, 6.45) is 10.7. The van der Waals surface area contributed by atoms with Gasteiger partial charge in [-0.05, 0) is 43.1 Å². The molecule has 2 nitrogen and oxygen atoms in total. The molecule has 1 aliphatic rings. The predicted octanol–water partition coefficient (Wildman–Crippen LogP) is 4.87. The van der Waals surface area contributed by atoms with E-state index in [0.717, 1.165) is 12.8 Å². The molecule has 1 aromatic carbocycles. The summed E-state index contributed by atoms with van der Waals surface area (Å²) in [4.78, 5) is 6.13. The molecule has 1 saturated carbocycles. The SMILES string of the molecule is CCC[C@@H](ON[C@@H]([C]1[CH][CH][CH][CH]1)C(C)(C)C)c1ccccc1. The van der Waals surface area contributed by atoms with Crippen molar-refractivity contribution in [2.24, 2.45) is 5.41 Å². The average molecular weight is 298 g/mol. The minimum atomic E-state index is 0.0851. The molecule has 2 heteroatoms. The minimum absolute atomic E-state index is 0.0851. The van der Waals surface area contributed by atoms with Crippen LogP contribution < -0.4 is 5.48 Å². The van der Waals surface area contributed by atoms with Crippen molar-refractivity contribution in [1.29, 1.82) is 0 Å². The van der Waals surface area contributed by atoms with E-state index in [0.29, 0.717) is 0 Å². The molecule has 0 aromatic heterocycles. The molecule has 2 rings (SSSR count). The van der Waals surface area contributed by atoms with Gasteiger partial charge in [0.15, 0.2) is 0 Å². The third-order valence-electron chi connectivity index (χ3n) is 3.94. The summed E-state index contributed by atoms with van der Waals surface area (Å²) >= 11 is 0. The van der Waals surface area contributed by atoms with Crippen LogP contribution in [0.25, 0.3) is 0 Å². The summed E-state index contributed by atoms with van der Waals surface area (Å²) in [6, 6.07) is 10.6. The summed E-state index contributed by atoms with van der Waals surface area (Å²) in [5.74, 6) is 1.27. The zero-order valence-corrected chi connectivity index (χ0v) is 14.2. The van der Waals surface area contributed by atoms with Crippen molar-refractivity contribution in [3.63, 3.8) is 0 Å². The van der Waals surface area contributed by atoms with Gasteiger partial charge in [-0.15, -0.1) is 0 Å². The smallest absolute Gasteiger partial charge is 0.104 e. The maximum Gasteiger partial charge on any atom is 0.104 e. The second-order valence-electron chi connectivity index (χ2n) is 6.94. The molecule has 1 N–H and O–H groups in total. The molecule has 22 heavy (non-hydrogen) atoms. The lowest BCUT2D eigenvalue weighted by molar-refractivity contribution is -0.0636. The van der Waals surface area contributed by atoms with Crippen molar-refractivity contribution in [1.82, 2.24) is 5.48 Å². The van der Waals surface area contributed by atoms with Crippen LogP contribution in [0.3, 0.4) is 0 Å². The molecule has 0 saturated heterocycles. The maximum absolute atomic E-state index is 6.13. The summed E-state index contributed by atoms with van der Waals surface area (Å²) in [7, 11) is 0. The fraction of sp³-hybridized carbons (Fsp3) is 0.450. The molecule has 1 fully saturated rings. The highest BCUT2D eigenvalue weighted by molar-refractivity contribution is 5.39. The van der Waals surface area contributed by atoms with Gasteiger partial charge in [-0.1, -0.05) is 64.4 Å². The van der Waals surface area contributed by atoms with E-state index < -0.39 is 0 Å².